The number of carbonyl (C=O) groups is 4. The highest BCUT2D eigenvalue weighted by molar-refractivity contribution is 8.00. The van der Waals surface area contributed by atoms with Crippen LogP contribution in [0.15, 0.2) is 108 Å². The lowest BCUT2D eigenvalue weighted by atomic mass is 10.1. The van der Waals surface area contributed by atoms with Gasteiger partial charge < -0.3 is 25.8 Å². The van der Waals surface area contributed by atoms with Crippen LogP contribution in [0.25, 0.3) is 6.08 Å². The van der Waals surface area contributed by atoms with Gasteiger partial charge in [0.05, 0.1) is 22.4 Å². The van der Waals surface area contributed by atoms with Gasteiger partial charge in [0.25, 0.3) is 11.8 Å². The summed E-state index contributed by atoms with van der Waals surface area (Å²) >= 11 is 7.24. The molecule has 0 heterocycles. The van der Waals surface area contributed by atoms with Crippen LogP contribution in [0.5, 0.6) is 5.75 Å². The normalized spacial score (nSPS) is 11.7. The lowest BCUT2D eigenvalue weighted by Crippen LogP contribution is -2.30. The third-order valence-electron chi connectivity index (χ3n) is 6.53. The summed E-state index contributed by atoms with van der Waals surface area (Å²) in [5.74, 6) is -1.80. The molecule has 4 N–H and O–H groups in total. The van der Waals surface area contributed by atoms with Crippen molar-refractivity contribution in [2.45, 2.75) is 30.4 Å². The van der Waals surface area contributed by atoms with E-state index < -0.39 is 23.0 Å². The first kappa shape index (κ1) is 33.8. The molecule has 0 saturated heterocycles. The van der Waals surface area contributed by atoms with Crippen molar-refractivity contribution in [2.75, 3.05) is 17.2 Å². The molecule has 0 saturated carbocycles. The third-order valence-corrected chi connectivity index (χ3v) is 8.22. The van der Waals surface area contributed by atoms with E-state index >= 15 is 0 Å². The van der Waals surface area contributed by atoms with Crippen LogP contribution in [0.4, 0.5) is 11.4 Å². The summed E-state index contributed by atoms with van der Waals surface area (Å²) in [7, 11) is 0. The van der Waals surface area contributed by atoms with Gasteiger partial charge in [-0.2, -0.15) is 0 Å². The number of halogens is 1. The van der Waals surface area contributed by atoms with Gasteiger partial charge in [-0.1, -0.05) is 54.9 Å². The zero-order chi connectivity index (χ0) is 33.1. The Morgan fingerprint density at radius 3 is 2.26 bits per heavy atom. The lowest BCUT2D eigenvalue weighted by molar-refractivity contribution is -0.116. The van der Waals surface area contributed by atoms with Crippen LogP contribution in [0, 0.1) is 0 Å². The molecule has 0 spiro atoms. The van der Waals surface area contributed by atoms with Crippen molar-refractivity contribution >= 4 is 64.5 Å². The maximum Gasteiger partial charge on any atom is 0.337 e. The van der Waals surface area contributed by atoms with Crippen molar-refractivity contribution in [3.05, 3.63) is 124 Å². The molecule has 0 aromatic heterocycles. The second-order valence-corrected chi connectivity index (χ2v) is 11.5. The topological polar surface area (TPSA) is 134 Å². The molecule has 0 radical (unpaired) electrons. The highest BCUT2D eigenvalue weighted by Crippen LogP contribution is 2.29. The minimum atomic E-state index is -1.20. The Bertz CT molecular complexity index is 1750. The SMILES string of the molecule is CCOc1ccc(/C=C(/NC(=O)c2ccccc2)C(=O)Nc2cccc(SC(CC)C(=O)Nc3ccc(Cl)c(C(=O)O)c3)c2)cc1. The molecule has 4 aromatic carbocycles. The molecule has 0 aliphatic rings. The summed E-state index contributed by atoms with van der Waals surface area (Å²) in [5, 5.41) is 17.2. The molecule has 0 aliphatic heterocycles. The van der Waals surface area contributed by atoms with Gasteiger partial charge in [-0.15, -0.1) is 11.8 Å². The van der Waals surface area contributed by atoms with E-state index in [9.17, 15) is 24.3 Å². The number of hydrogen-bond donors (Lipinski definition) is 4. The average molecular weight is 658 g/mol. The number of anilines is 2. The molecule has 0 fully saturated rings. The number of ether oxygens (including phenoxy) is 1. The fraction of sp³-hybridized carbons (Fsp3) is 0.143. The second-order valence-electron chi connectivity index (χ2n) is 9.87. The molecule has 1 unspecified atom stereocenters. The van der Waals surface area contributed by atoms with Crippen molar-refractivity contribution in [2.24, 2.45) is 0 Å². The number of carboxylic acids is 1. The number of hydrogen-bond acceptors (Lipinski definition) is 6. The molecule has 4 rings (SSSR count). The van der Waals surface area contributed by atoms with Crippen molar-refractivity contribution in [1.29, 1.82) is 0 Å². The van der Waals surface area contributed by atoms with Gasteiger partial charge in [0.15, 0.2) is 0 Å². The Morgan fingerprint density at radius 1 is 0.870 bits per heavy atom. The van der Waals surface area contributed by atoms with E-state index in [2.05, 4.69) is 16.0 Å². The second kappa shape index (κ2) is 16.3. The number of benzene rings is 4. The predicted octanol–water partition coefficient (Wildman–Crippen LogP) is 7.36. The Kier molecular flexibility index (Phi) is 12.0. The zero-order valence-electron chi connectivity index (χ0n) is 25.1. The van der Waals surface area contributed by atoms with Gasteiger partial charge in [0.1, 0.15) is 11.4 Å². The van der Waals surface area contributed by atoms with E-state index in [1.807, 2.05) is 19.9 Å². The molecular formula is C35H32ClN3O6S. The predicted molar refractivity (Wildman–Crippen MR) is 182 cm³/mol. The van der Waals surface area contributed by atoms with E-state index in [1.165, 1.54) is 30.0 Å². The van der Waals surface area contributed by atoms with Crippen LogP contribution in [-0.4, -0.2) is 40.7 Å². The minimum Gasteiger partial charge on any atom is -0.494 e. The van der Waals surface area contributed by atoms with Crippen LogP contribution in [0.2, 0.25) is 5.02 Å². The fourth-order valence-corrected chi connectivity index (χ4v) is 5.47. The Morgan fingerprint density at radius 2 is 1.59 bits per heavy atom. The zero-order valence-corrected chi connectivity index (χ0v) is 26.7. The smallest absolute Gasteiger partial charge is 0.337 e. The van der Waals surface area contributed by atoms with E-state index in [0.717, 1.165) is 0 Å². The number of carboxylic acid groups (broad SMARTS) is 1. The number of aromatic carboxylic acids is 1. The molecule has 11 heteroatoms. The maximum absolute atomic E-state index is 13.5. The number of rotatable bonds is 13. The third kappa shape index (κ3) is 9.47. The summed E-state index contributed by atoms with van der Waals surface area (Å²) in [6, 6.07) is 27.0. The molecule has 9 nitrogen and oxygen atoms in total. The standard InChI is InChI=1S/C35H32ClN3O6S/c1-3-31(34(42)38-25-15-18-29(36)28(21-25)35(43)44)46-27-12-8-11-24(20-27)37-33(41)30(39-32(40)23-9-6-5-7-10-23)19-22-13-16-26(17-14-22)45-4-2/h5-21,31H,3-4H2,1-2H3,(H,37,41)(H,38,42)(H,39,40)(H,43,44)/b30-19+. The van der Waals surface area contributed by atoms with Gasteiger partial charge in [-0.25, -0.2) is 4.79 Å². The number of amides is 3. The van der Waals surface area contributed by atoms with E-state index in [0.29, 0.717) is 46.2 Å². The number of nitrogens with one attached hydrogen (secondary N) is 3. The van der Waals surface area contributed by atoms with Gasteiger partial charge in [0, 0.05) is 21.8 Å². The van der Waals surface area contributed by atoms with Crippen LogP contribution in [0.3, 0.4) is 0 Å². The molecule has 4 aromatic rings. The maximum atomic E-state index is 13.5. The van der Waals surface area contributed by atoms with Crippen molar-refractivity contribution in [1.82, 2.24) is 5.32 Å². The largest absolute Gasteiger partial charge is 0.494 e. The highest BCUT2D eigenvalue weighted by Gasteiger charge is 2.20. The minimum absolute atomic E-state index is 0.0329. The molecule has 0 bridgehead atoms. The number of thioether (sulfide) groups is 1. The lowest BCUT2D eigenvalue weighted by Gasteiger charge is -2.16. The van der Waals surface area contributed by atoms with Crippen LogP contribution >= 0.6 is 23.4 Å². The van der Waals surface area contributed by atoms with E-state index in [1.54, 1.807) is 78.9 Å². The van der Waals surface area contributed by atoms with Crippen LogP contribution in [0.1, 0.15) is 46.5 Å². The average Bonchev–Trinajstić information content (AvgIpc) is 3.05. The molecule has 0 aliphatic carbocycles. The summed E-state index contributed by atoms with van der Waals surface area (Å²) in [6.45, 7) is 4.27. The van der Waals surface area contributed by atoms with E-state index in [-0.39, 0.29) is 22.2 Å². The quantitative estimate of drug-likeness (QED) is 0.0872. The summed E-state index contributed by atoms with van der Waals surface area (Å²) in [5.41, 5.74) is 1.77. The summed E-state index contributed by atoms with van der Waals surface area (Å²) in [6.07, 6.45) is 2.06. The first-order valence-corrected chi connectivity index (χ1v) is 15.6. The first-order chi connectivity index (χ1) is 22.2. The molecular weight excluding hydrogens is 626 g/mol. The van der Waals surface area contributed by atoms with Crippen molar-refractivity contribution in [3.8, 4) is 5.75 Å². The Hall–Kier alpha value is -5.06. The number of carbonyl (C=O) groups excluding carboxylic acids is 3. The Balaban J connectivity index is 1.50. The summed E-state index contributed by atoms with van der Waals surface area (Å²) in [4.78, 5) is 51.7. The first-order valence-electron chi connectivity index (χ1n) is 14.4. The van der Waals surface area contributed by atoms with Crippen LogP contribution < -0.4 is 20.7 Å². The Labute approximate surface area is 276 Å². The van der Waals surface area contributed by atoms with Gasteiger partial charge in [-0.3, -0.25) is 14.4 Å². The summed E-state index contributed by atoms with van der Waals surface area (Å²) < 4.78 is 5.50. The van der Waals surface area contributed by atoms with E-state index in [4.69, 9.17) is 16.3 Å². The fourth-order valence-electron chi connectivity index (χ4n) is 4.26. The molecule has 46 heavy (non-hydrogen) atoms. The molecule has 236 valence electrons. The van der Waals surface area contributed by atoms with Crippen LogP contribution in [-0.2, 0) is 9.59 Å². The monoisotopic (exact) mass is 657 g/mol. The molecule has 1 atom stereocenters. The van der Waals surface area contributed by atoms with Gasteiger partial charge >= 0.3 is 5.97 Å². The highest BCUT2D eigenvalue weighted by atomic mass is 35.5. The van der Waals surface area contributed by atoms with Crippen molar-refractivity contribution in [3.63, 3.8) is 0 Å². The van der Waals surface area contributed by atoms with Crippen molar-refractivity contribution < 1.29 is 29.0 Å². The van der Waals surface area contributed by atoms with Gasteiger partial charge in [-0.05, 0) is 85.6 Å². The molecule has 3 amide bonds. The van der Waals surface area contributed by atoms with Gasteiger partial charge in [0.2, 0.25) is 5.91 Å².